The molecule has 0 aliphatic carbocycles. The lowest BCUT2D eigenvalue weighted by Crippen LogP contribution is -2.07. The van der Waals surface area contributed by atoms with Gasteiger partial charge in [0.2, 0.25) is 0 Å². The molecule has 0 heterocycles. The molecule has 0 radical (unpaired) electrons. The molecule has 1 rings (SSSR count). The van der Waals surface area contributed by atoms with Crippen molar-refractivity contribution >= 4 is 23.1 Å². The van der Waals surface area contributed by atoms with Gasteiger partial charge in [-0.1, -0.05) is 6.07 Å². The summed E-state index contributed by atoms with van der Waals surface area (Å²) >= 11 is 5.45. The second-order valence-corrected chi connectivity index (χ2v) is 3.29. The number of anilines is 1. The van der Waals surface area contributed by atoms with Crippen molar-refractivity contribution in [3.05, 3.63) is 28.8 Å². The molecule has 70 valence electrons. The molecule has 0 aliphatic heterocycles. The summed E-state index contributed by atoms with van der Waals surface area (Å²) in [5.74, 6) is -0.144. The minimum atomic E-state index is -0.123. The van der Waals surface area contributed by atoms with E-state index in [1.54, 1.807) is 6.07 Å². The summed E-state index contributed by atoms with van der Waals surface area (Å²) in [5, 5.41) is 0. The van der Waals surface area contributed by atoms with Gasteiger partial charge in [0.05, 0.1) is 5.88 Å². The third kappa shape index (κ3) is 1.83. The molecule has 0 aromatic heterocycles. The summed E-state index contributed by atoms with van der Waals surface area (Å²) in [5.41, 5.74) is 8.89. The van der Waals surface area contributed by atoms with E-state index in [0.717, 1.165) is 11.1 Å². The Bertz CT molecular complexity index is 347. The highest BCUT2D eigenvalue weighted by Crippen LogP contribution is 2.20. The van der Waals surface area contributed by atoms with Crippen LogP contribution in [-0.4, -0.2) is 11.7 Å². The molecular weight excluding hydrogens is 186 g/mol. The van der Waals surface area contributed by atoms with Crippen LogP contribution in [0.3, 0.4) is 0 Å². The molecule has 0 spiro atoms. The number of nitrogen functional groups attached to an aromatic ring is 1. The number of nitrogens with two attached hydrogens (primary N) is 1. The fourth-order valence-electron chi connectivity index (χ4n) is 1.15. The van der Waals surface area contributed by atoms with Crippen LogP contribution < -0.4 is 5.73 Å². The summed E-state index contributed by atoms with van der Waals surface area (Å²) in [6.07, 6.45) is 0. The van der Waals surface area contributed by atoms with E-state index in [1.807, 2.05) is 19.9 Å². The zero-order chi connectivity index (χ0) is 10.0. The molecule has 0 saturated carbocycles. The van der Waals surface area contributed by atoms with Crippen LogP contribution in [0.15, 0.2) is 12.1 Å². The lowest BCUT2D eigenvalue weighted by molar-refractivity contribution is 0.102. The predicted molar refractivity (Wildman–Crippen MR) is 55.4 cm³/mol. The number of carbonyl (C=O) groups excluding carboxylic acids is 1. The number of rotatable bonds is 2. The quantitative estimate of drug-likeness (QED) is 0.449. The van der Waals surface area contributed by atoms with E-state index in [4.69, 9.17) is 17.3 Å². The third-order valence-corrected chi connectivity index (χ3v) is 2.45. The molecule has 0 aliphatic rings. The van der Waals surface area contributed by atoms with Crippen LogP contribution in [0.4, 0.5) is 5.69 Å². The summed E-state index contributed by atoms with van der Waals surface area (Å²) in [7, 11) is 0. The number of benzene rings is 1. The van der Waals surface area contributed by atoms with Crippen molar-refractivity contribution in [1.82, 2.24) is 0 Å². The minimum absolute atomic E-state index is 0.0211. The minimum Gasteiger partial charge on any atom is -0.398 e. The maximum atomic E-state index is 11.3. The normalized spacial score (nSPS) is 10.1. The molecule has 0 amide bonds. The predicted octanol–water partition coefficient (Wildman–Crippen LogP) is 2.31. The van der Waals surface area contributed by atoms with E-state index in [2.05, 4.69) is 0 Å². The molecule has 2 nitrogen and oxygen atoms in total. The largest absolute Gasteiger partial charge is 0.398 e. The average Bonchev–Trinajstić information content (AvgIpc) is 2.13. The number of aryl methyl sites for hydroxylation is 1. The Hall–Kier alpha value is -1.02. The molecule has 0 unspecified atom stereocenters. The van der Waals surface area contributed by atoms with Crippen molar-refractivity contribution < 1.29 is 4.79 Å². The molecule has 3 heteroatoms. The molecule has 13 heavy (non-hydrogen) atoms. The molecule has 1 aromatic carbocycles. The number of halogens is 1. The highest BCUT2D eigenvalue weighted by atomic mass is 35.5. The van der Waals surface area contributed by atoms with E-state index in [-0.39, 0.29) is 11.7 Å². The third-order valence-electron chi connectivity index (χ3n) is 2.21. The zero-order valence-electron chi connectivity index (χ0n) is 7.73. The molecule has 1 aromatic rings. The lowest BCUT2D eigenvalue weighted by Gasteiger charge is -2.08. The second kappa shape index (κ2) is 3.79. The van der Waals surface area contributed by atoms with Crippen LogP contribution in [0.1, 0.15) is 21.5 Å². The number of alkyl halides is 1. The van der Waals surface area contributed by atoms with Gasteiger partial charge in [0.1, 0.15) is 0 Å². The Morgan fingerprint density at radius 1 is 1.46 bits per heavy atom. The highest BCUT2D eigenvalue weighted by Gasteiger charge is 2.10. The van der Waals surface area contributed by atoms with Crippen molar-refractivity contribution in [3.63, 3.8) is 0 Å². The van der Waals surface area contributed by atoms with Gasteiger partial charge in [0.15, 0.2) is 5.78 Å². The lowest BCUT2D eigenvalue weighted by atomic mass is 10.0. The fourth-order valence-corrected chi connectivity index (χ4v) is 1.30. The van der Waals surface area contributed by atoms with Gasteiger partial charge in [-0.3, -0.25) is 4.79 Å². The number of hydrogen-bond acceptors (Lipinski definition) is 2. The van der Waals surface area contributed by atoms with Crippen LogP contribution in [-0.2, 0) is 0 Å². The summed E-state index contributed by atoms with van der Waals surface area (Å²) in [6, 6.07) is 3.61. The van der Waals surface area contributed by atoms with Gasteiger partial charge in [0.25, 0.3) is 0 Å². The standard InChI is InChI=1S/C10H12ClNO/c1-6-3-4-8(9(13)5-11)10(12)7(6)2/h3-4H,5,12H2,1-2H3. The molecule has 0 atom stereocenters. The Labute approximate surface area is 82.7 Å². The Morgan fingerprint density at radius 3 is 2.62 bits per heavy atom. The van der Waals surface area contributed by atoms with E-state index < -0.39 is 0 Å². The van der Waals surface area contributed by atoms with Crippen molar-refractivity contribution in [2.24, 2.45) is 0 Å². The van der Waals surface area contributed by atoms with Crippen molar-refractivity contribution in [2.75, 3.05) is 11.6 Å². The summed E-state index contributed by atoms with van der Waals surface area (Å²) < 4.78 is 0. The smallest absolute Gasteiger partial charge is 0.179 e. The van der Waals surface area contributed by atoms with Gasteiger partial charge in [-0.25, -0.2) is 0 Å². The first-order valence-corrected chi connectivity index (χ1v) is 4.56. The van der Waals surface area contributed by atoms with Crippen LogP contribution in [0.2, 0.25) is 0 Å². The number of hydrogen-bond donors (Lipinski definition) is 1. The number of ketones is 1. The zero-order valence-corrected chi connectivity index (χ0v) is 8.48. The monoisotopic (exact) mass is 197 g/mol. The van der Waals surface area contributed by atoms with Gasteiger partial charge in [-0.2, -0.15) is 0 Å². The van der Waals surface area contributed by atoms with Crippen LogP contribution in [0, 0.1) is 13.8 Å². The van der Waals surface area contributed by atoms with Crippen molar-refractivity contribution in [2.45, 2.75) is 13.8 Å². The van der Waals surface area contributed by atoms with Crippen molar-refractivity contribution in [1.29, 1.82) is 0 Å². The van der Waals surface area contributed by atoms with Gasteiger partial charge in [0, 0.05) is 11.3 Å². The Morgan fingerprint density at radius 2 is 2.08 bits per heavy atom. The van der Waals surface area contributed by atoms with E-state index in [1.165, 1.54) is 0 Å². The highest BCUT2D eigenvalue weighted by molar-refractivity contribution is 6.31. The van der Waals surface area contributed by atoms with Gasteiger partial charge < -0.3 is 5.73 Å². The summed E-state index contributed by atoms with van der Waals surface area (Å²) in [4.78, 5) is 11.3. The van der Waals surface area contributed by atoms with E-state index in [9.17, 15) is 4.79 Å². The Balaban J connectivity index is 3.26. The molecule has 0 bridgehead atoms. The van der Waals surface area contributed by atoms with Crippen LogP contribution >= 0.6 is 11.6 Å². The molecule has 2 N–H and O–H groups in total. The topological polar surface area (TPSA) is 43.1 Å². The summed E-state index contributed by atoms with van der Waals surface area (Å²) in [6.45, 7) is 3.86. The van der Waals surface area contributed by atoms with Crippen LogP contribution in [0.5, 0.6) is 0 Å². The first-order chi connectivity index (χ1) is 6.07. The maximum absolute atomic E-state index is 11.3. The van der Waals surface area contributed by atoms with Gasteiger partial charge >= 0.3 is 0 Å². The number of Topliss-reactive ketones (excluding diaryl/α,β-unsaturated/α-hetero) is 1. The van der Waals surface area contributed by atoms with Crippen molar-refractivity contribution in [3.8, 4) is 0 Å². The molecule has 0 saturated heterocycles. The first kappa shape index (κ1) is 10.1. The number of carbonyl (C=O) groups is 1. The molecule has 0 fully saturated rings. The molecular formula is C10H12ClNO. The second-order valence-electron chi connectivity index (χ2n) is 3.03. The SMILES string of the molecule is Cc1ccc(C(=O)CCl)c(N)c1C. The van der Waals surface area contributed by atoms with E-state index >= 15 is 0 Å². The Kier molecular flexibility index (Phi) is 2.94. The fraction of sp³-hybridized carbons (Fsp3) is 0.300. The first-order valence-electron chi connectivity index (χ1n) is 4.02. The van der Waals surface area contributed by atoms with Gasteiger partial charge in [-0.05, 0) is 31.0 Å². The maximum Gasteiger partial charge on any atom is 0.179 e. The van der Waals surface area contributed by atoms with E-state index in [0.29, 0.717) is 11.3 Å². The van der Waals surface area contributed by atoms with Gasteiger partial charge in [-0.15, -0.1) is 11.6 Å². The van der Waals surface area contributed by atoms with Crippen LogP contribution in [0.25, 0.3) is 0 Å². The average molecular weight is 198 g/mol.